The second-order valence-electron chi connectivity index (χ2n) is 5.63. The van der Waals surface area contributed by atoms with Crippen molar-refractivity contribution in [1.82, 2.24) is 25.1 Å². The fourth-order valence-electron chi connectivity index (χ4n) is 2.72. The van der Waals surface area contributed by atoms with Crippen LogP contribution < -0.4 is 5.32 Å². The van der Waals surface area contributed by atoms with E-state index in [1.54, 1.807) is 27.9 Å². The normalized spacial score (nSPS) is 20.4. The molecule has 2 saturated heterocycles. The van der Waals surface area contributed by atoms with Crippen molar-refractivity contribution < 1.29 is 14.3 Å². The first-order valence-electron chi connectivity index (χ1n) is 7.68. The van der Waals surface area contributed by atoms with Crippen molar-refractivity contribution in [1.29, 1.82) is 0 Å². The van der Waals surface area contributed by atoms with Crippen LogP contribution in [0.1, 0.15) is 11.4 Å². The number of thioether (sulfide) groups is 1. The Morgan fingerprint density at radius 3 is 3.22 bits per heavy atom. The summed E-state index contributed by atoms with van der Waals surface area (Å²) in [5.41, 5.74) is 2.15. The van der Waals surface area contributed by atoms with Gasteiger partial charge in [-0.25, -0.2) is 14.6 Å². The van der Waals surface area contributed by atoms with Gasteiger partial charge in [-0.2, -0.15) is 11.8 Å². The minimum Gasteiger partial charge on any atom is -0.447 e. The van der Waals surface area contributed by atoms with E-state index in [4.69, 9.17) is 4.74 Å². The summed E-state index contributed by atoms with van der Waals surface area (Å²) >= 11 is 1.74. The molecule has 9 heteroatoms. The van der Waals surface area contributed by atoms with Crippen LogP contribution >= 0.6 is 11.8 Å². The Balaban J connectivity index is 1.34. The molecule has 0 aromatic carbocycles. The van der Waals surface area contributed by atoms with Gasteiger partial charge < -0.3 is 19.9 Å². The summed E-state index contributed by atoms with van der Waals surface area (Å²) in [5.74, 6) is 1.68. The predicted octanol–water partition coefficient (Wildman–Crippen LogP) is 0.797. The minimum absolute atomic E-state index is 0.000912. The van der Waals surface area contributed by atoms with Crippen LogP contribution in [0, 0.1) is 6.92 Å². The minimum atomic E-state index is -0.264. The van der Waals surface area contributed by atoms with Gasteiger partial charge in [-0.15, -0.1) is 0 Å². The second kappa shape index (κ2) is 7.12. The molecule has 126 valence electrons. The summed E-state index contributed by atoms with van der Waals surface area (Å²) in [7, 11) is 0. The number of hydrogen-bond donors (Lipinski definition) is 2. The summed E-state index contributed by atoms with van der Waals surface area (Å²) in [6.45, 7) is 4.63. The maximum Gasteiger partial charge on any atom is 0.410 e. The molecule has 0 bridgehead atoms. The standard InChI is InChI=1S/C14H21N5O3S/c1-10-12(17-9-16-10)8-23-5-2-15-13(20)18-3-4-19-11(6-18)7-22-14(19)21/h9,11H,2-8H2,1H3,(H,15,20)(H,16,17)/t11-/m1/s1. The Morgan fingerprint density at radius 2 is 2.43 bits per heavy atom. The summed E-state index contributed by atoms with van der Waals surface area (Å²) in [5, 5.41) is 2.93. The van der Waals surface area contributed by atoms with Crippen molar-refractivity contribution in [2.24, 2.45) is 0 Å². The molecule has 3 amide bonds. The zero-order valence-corrected chi connectivity index (χ0v) is 13.9. The van der Waals surface area contributed by atoms with E-state index < -0.39 is 0 Å². The first kappa shape index (κ1) is 16.0. The molecule has 1 aromatic rings. The van der Waals surface area contributed by atoms with E-state index in [2.05, 4.69) is 15.3 Å². The number of amides is 3. The van der Waals surface area contributed by atoms with Gasteiger partial charge >= 0.3 is 12.1 Å². The monoisotopic (exact) mass is 339 g/mol. The highest BCUT2D eigenvalue weighted by Gasteiger charge is 2.38. The van der Waals surface area contributed by atoms with Crippen molar-refractivity contribution in [2.75, 3.05) is 38.5 Å². The zero-order chi connectivity index (χ0) is 16.2. The van der Waals surface area contributed by atoms with Crippen molar-refractivity contribution in [3.05, 3.63) is 17.7 Å². The molecule has 0 saturated carbocycles. The highest BCUT2D eigenvalue weighted by molar-refractivity contribution is 7.98. The number of nitrogens with one attached hydrogen (secondary N) is 2. The van der Waals surface area contributed by atoms with Crippen LogP contribution in [0.25, 0.3) is 0 Å². The number of H-pyrrole nitrogens is 1. The van der Waals surface area contributed by atoms with Crippen LogP contribution in [0.3, 0.4) is 0 Å². The Bertz CT molecular complexity index is 579. The molecule has 0 radical (unpaired) electrons. The number of aromatic nitrogens is 2. The number of imidazole rings is 1. The Labute approximate surface area is 138 Å². The number of cyclic esters (lactones) is 1. The third kappa shape index (κ3) is 3.72. The van der Waals surface area contributed by atoms with E-state index >= 15 is 0 Å². The van der Waals surface area contributed by atoms with Crippen molar-refractivity contribution >= 4 is 23.9 Å². The summed E-state index contributed by atoms with van der Waals surface area (Å²) in [4.78, 5) is 34.3. The number of hydrogen-bond acceptors (Lipinski definition) is 5. The number of rotatable bonds is 5. The third-order valence-electron chi connectivity index (χ3n) is 4.10. The summed E-state index contributed by atoms with van der Waals surface area (Å²) in [6.07, 6.45) is 1.43. The Kier molecular flexibility index (Phi) is 4.94. The number of piperazine rings is 1. The number of aryl methyl sites for hydroxylation is 1. The number of aromatic amines is 1. The highest BCUT2D eigenvalue weighted by Crippen LogP contribution is 2.17. The molecular formula is C14H21N5O3S. The van der Waals surface area contributed by atoms with Crippen LogP contribution in [0.5, 0.6) is 0 Å². The highest BCUT2D eigenvalue weighted by atomic mass is 32.2. The maximum atomic E-state index is 12.2. The molecule has 3 rings (SSSR count). The molecule has 0 unspecified atom stereocenters. The molecule has 0 spiro atoms. The van der Waals surface area contributed by atoms with E-state index in [9.17, 15) is 9.59 Å². The lowest BCUT2D eigenvalue weighted by Gasteiger charge is -2.35. The van der Waals surface area contributed by atoms with Gasteiger partial charge in [0.25, 0.3) is 0 Å². The number of fused-ring (bicyclic) bond motifs is 1. The molecule has 2 aliphatic heterocycles. The summed E-state index contributed by atoms with van der Waals surface area (Å²) in [6, 6.07) is -0.0698. The van der Waals surface area contributed by atoms with E-state index in [1.165, 1.54) is 0 Å². The number of carbonyl (C=O) groups excluding carboxylic acids is 2. The fraction of sp³-hybridized carbons (Fsp3) is 0.643. The average molecular weight is 339 g/mol. The maximum absolute atomic E-state index is 12.2. The molecule has 1 atom stereocenters. The Hall–Kier alpha value is -1.90. The van der Waals surface area contributed by atoms with E-state index in [1.807, 2.05) is 6.92 Å². The predicted molar refractivity (Wildman–Crippen MR) is 86.3 cm³/mol. The SMILES string of the molecule is Cc1[nH]cnc1CSCCNC(=O)N1CCN2C(=O)OC[C@H]2C1. The summed E-state index contributed by atoms with van der Waals surface area (Å²) < 4.78 is 5.00. The van der Waals surface area contributed by atoms with Crippen LogP contribution in [0.2, 0.25) is 0 Å². The van der Waals surface area contributed by atoms with Gasteiger partial charge in [-0.3, -0.25) is 4.90 Å². The van der Waals surface area contributed by atoms with Gasteiger partial charge in [0.15, 0.2) is 0 Å². The van der Waals surface area contributed by atoms with Gasteiger partial charge in [0, 0.05) is 43.4 Å². The van der Waals surface area contributed by atoms with Gasteiger partial charge in [0.2, 0.25) is 0 Å². The van der Waals surface area contributed by atoms with Crippen molar-refractivity contribution in [2.45, 2.75) is 18.7 Å². The van der Waals surface area contributed by atoms with Crippen molar-refractivity contribution in [3.8, 4) is 0 Å². The average Bonchev–Trinajstić information content (AvgIpc) is 3.13. The Morgan fingerprint density at radius 1 is 1.57 bits per heavy atom. The molecule has 0 aliphatic carbocycles. The lowest BCUT2D eigenvalue weighted by molar-refractivity contribution is 0.127. The van der Waals surface area contributed by atoms with Gasteiger partial charge in [-0.05, 0) is 6.92 Å². The van der Waals surface area contributed by atoms with Gasteiger partial charge in [0.05, 0.1) is 18.1 Å². The van der Waals surface area contributed by atoms with Gasteiger partial charge in [-0.1, -0.05) is 0 Å². The van der Waals surface area contributed by atoms with Gasteiger partial charge in [0.1, 0.15) is 6.61 Å². The first-order valence-corrected chi connectivity index (χ1v) is 8.83. The molecule has 2 aliphatic rings. The zero-order valence-electron chi connectivity index (χ0n) is 13.1. The van der Waals surface area contributed by atoms with Crippen molar-refractivity contribution in [3.63, 3.8) is 0 Å². The van der Waals surface area contributed by atoms with E-state index in [0.717, 1.165) is 22.9 Å². The quantitative estimate of drug-likeness (QED) is 0.774. The lowest BCUT2D eigenvalue weighted by atomic mass is 10.2. The first-order chi connectivity index (χ1) is 11.1. The molecule has 2 fully saturated rings. The molecule has 3 heterocycles. The molecule has 8 nitrogen and oxygen atoms in total. The topological polar surface area (TPSA) is 90.6 Å². The van der Waals surface area contributed by atoms with E-state index in [0.29, 0.717) is 32.8 Å². The van der Waals surface area contributed by atoms with Crippen LogP contribution in [0.4, 0.5) is 9.59 Å². The van der Waals surface area contributed by atoms with E-state index in [-0.39, 0.29) is 18.2 Å². The third-order valence-corrected chi connectivity index (χ3v) is 5.07. The smallest absolute Gasteiger partial charge is 0.410 e. The fourth-order valence-corrected chi connectivity index (χ4v) is 3.59. The number of ether oxygens (including phenoxy) is 1. The lowest BCUT2D eigenvalue weighted by Crippen LogP contribution is -2.56. The van der Waals surface area contributed by atoms with Crippen LogP contribution in [-0.4, -0.2) is 76.5 Å². The molecule has 23 heavy (non-hydrogen) atoms. The molecular weight excluding hydrogens is 318 g/mol. The number of carbonyl (C=O) groups is 2. The van der Waals surface area contributed by atoms with Crippen LogP contribution in [0.15, 0.2) is 6.33 Å². The number of nitrogens with zero attached hydrogens (tertiary/aromatic N) is 3. The van der Waals surface area contributed by atoms with Crippen LogP contribution in [-0.2, 0) is 10.5 Å². The molecule has 1 aromatic heterocycles. The second-order valence-corrected chi connectivity index (χ2v) is 6.73. The largest absolute Gasteiger partial charge is 0.447 e. The number of urea groups is 1. The molecule has 2 N–H and O–H groups in total.